The summed E-state index contributed by atoms with van der Waals surface area (Å²) in [7, 11) is 0. The number of amides is 2. The fraction of sp³-hybridized carbons (Fsp3) is 0.450. The molecule has 1 aliphatic carbocycles. The molecule has 1 saturated heterocycles. The number of nitrogens with one attached hydrogen (secondary N) is 1. The third kappa shape index (κ3) is 4.36. The Morgan fingerprint density at radius 1 is 1.15 bits per heavy atom. The number of rotatable bonds is 5. The van der Waals surface area contributed by atoms with Gasteiger partial charge in [0.1, 0.15) is 0 Å². The van der Waals surface area contributed by atoms with Gasteiger partial charge in [0.25, 0.3) is 5.91 Å². The summed E-state index contributed by atoms with van der Waals surface area (Å²) in [6.07, 6.45) is 1.95. The molecule has 0 spiro atoms. The van der Waals surface area contributed by atoms with Crippen LogP contribution in [0.3, 0.4) is 0 Å². The second kappa shape index (κ2) is 7.52. The fourth-order valence-electron chi connectivity index (χ4n) is 3.29. The lowest BCUT2D eigenvalue weighted by Gasteiger charge is -2.34. The highest BCUT2D eigenvalue weighted by Crippen LogP contribution is 2.30. The average molecular weight is 368 g/mol. The van der Waals surface area contributed by atoms with Gasteiger partial charge in [-0.2, -0.15) is 0 Å². The monoisotopic (exact) mass is 368 g/mol. The third-order valence-corrected chi connectivity index (χ3v) is 5.06. The number of carbonyl (C=O) groups excluding carboxylic acids is 2. The van der Waals surface area contributed by atoms with E-state index in [0.29, 0.717) is 18.7 Å². The van der Waals surface area contributed by atoms with Crippen LogP contribution in [0.25, 0.3) is 0 Å². The van der Waals surface area contributed by atoms with Crippen molar-refractivity contribution in [3.05, 3.63) is 47.3 Å². The second-order valence-corrected chi connectivity index (χ2v) is 7.34. The average Bonchev–Trinajstić information content (AvgIpc) is 3.46. The van der Waals surface area contributed by atoms with Crippen molar-refractivity contribution in [3.8, 4) is 0 Å². The molecule has 0 radical (unpaired) electrons. The molecule has 1 aliphatic heterocycles. The van der Waals surface area contributed by atoms with Crippen LogP contribution in [0.4, 0.5) is 5.69 Å². The van der Waals surface area contributed by atoms with Gasteiger partial charge in [0.15, 0.2) is 5.76 Å². The van der Waals surface area contributed by atoms with Gasteiger partial charge in [-0.3, -0.25) is 14.5 Å². The van der Waals surface area contributed by atoms with Crippen LogP contribution in [0, 0.1) is 12.8 Å². The summed E-state index contributed by atoms with van der Waals surface area (Å²) in [5.74, 6) is 1.14. The van der Waals surface area contributed by atoms with Crippen molar-refractivity contribution < 1.29 is 14.1 Å². The molecule has 0 atom stereocenters. The summed E-state index contributed by atoms with van der Waals surface area (Å²) >= 11 is 0. The van der Waals surface area contributed by atoms with Crippen molar-refractivity contribution in [3.63, 3.8) is 0 Å². The molecule has 2 aromatic rings. The predicted octanol–water partition coefficient (Wildman–Crippen LogP) is 2.29. The molecule has 7 nitrogen and oxygen atoms in total. The van der Waals surface area contributed by atoms with Crippen molar-refractivity contribution >= 4 is 17.5 Å². The fourth-order valence-corrected chi connectivity index (χ4v) is 3.29. The number of anilines is 1. The van der Waals surface area contributed by atoms with E-state index in [1.807, 2.05) is 17.9 Å². The summed E-state index contributed by atoms with van der Waals surface area (Å²) in [5, 5.41) is 6.81. The molecule has 142 valence electrons. The molecule has 27 heavy (non-hydrogen) atoms. The Morgan fingerprint density at radius 2 is 1.85 bits per heavy atom. The van der Waals surface area contributed by atoms with Crippen LogP contribution in [0.2, 0.25) is 0 Å². The van der Waals surface area contributed by atoms with Gasteiger partial charge in [0.05, 0.1) is 12.2 Å². The minimum Gasteiger partial charge on any atom is -0.360 e. The highest BCUT2D eigenvalue weighted by Gasteiger charge is 2.29. The number of hydrogen-bond acceptors (Lipinski definition) is 5. The van der Waals surface area contributed by atoms with Crippen molar-refractivity contribution in [1.82, 2.24) is 15.0 Å². The number of aromatic nitrogens is 1. The smallest absolute Gasteiger partial charge is 0.253 e. The molecule has 2 amide bonds. The van der Waals surface area contributed by atoms with Gasteiger partial charge < -0.3 is 14.7 Å². The summed E-state index contributed by atoms with van der Waals surface area (Å²) < 4.78 is 5.27. The van der Waals surface area contributed by atoms with E-state index >= 15 is 0 Å². The minimum absolute atomic E-state index is 0.0326. The first kappa shape index (κ1) is 17.7. The van der Waals surface area contributed by atoms with Crippen LogP contribution in [-0.2, 0) is 11.3 Å². The number of hydrogen-bond donors (Lipinski definition) is 1. The van der Waals surface area contributed by atoms with Crippen LogP contribution in [0.5, 0.6) is 0 Å². The molecule has 4 rings (SSSR count). The van der Waals surface area contributed by atoms with E-state index in [9.17, 15) is 9.59 Å². The number of piperazine rings is 1. The summed E-state index contributed by atoms with van der Waals surface area (Å²) in [6, 6.07) is 9.12. The van der Waals surface area contributed by atoms with Crippen LogP contribution in [0.15, 0.2) is 34.9 Å². The maximum atomic E-state index is 12.7. The molecular formula is C20H24N4O3. The topological polar surface area (TPSA) is 78.7 Å². The quantitative estimate of drug-likeness (QED) is 0.876. The van der Waals surface area contributed by atoms with E-state index in [1.54, 1.807) is 24.3 Å². The standard InChI is InChI=1S/C20H24N4O3/c1-14-12-18(27-22-14)13-23-8-10-24(11-9-23)20(26)16-4-6-17(7-5-16)21-19(25)15-2-3-15/h4-7,12,15H,2-3,8-11,13H2,1H3,(H,21,25). The number of nitrogens with zero attached hydrogens (tertiary/aromatic N) is 3. The molecule has 1 saturated carbocycles. The minimum atomic E-state index is 0.0326. The lowest BCUT2D eigenvalue weighted by Crippen LogP contribution is -2.48. The highest BCUT2D eigenvalue weighted by molar-refractivity contribution is 5.96. The van der Waals surface area contributed by atoms with Crippen molar-refractivity contribution in [1.29, 1.82) is 0 Å². The largest absolute Gasteiger partial charge is 0.360 e. The maximum absolute atomic E-state index is 12.7. The van der Waals surface area contributed by atoms with Gasteiger partial charge in [0.2, 0.25) is 5.91 Å². The van der Waals surface area contributed by atoms with E-state index in [1.165, 1.54) is 0 Å². The zero-order valence-electron chi connectivity index (χ0n) is 15.5. The van der Waals surface area contributed by atoms with E-state index in [2.05, 4.69) is 15.4 Å². The van der Waals surface area contributed by atoms with Crippen LogP contribution in [-0.4, -0.2) is 52.9 Å². The van der Waals surface area contributed by atoms with E-state index < -0.39 is 0 Å². The number of carbonyl (C=O) groups is 2. The van der Waals surface area contributed by atoms with Crippen LogP contribution < -0.4 is 5.32 Å². The lowest BCUT2D eigenvalue weighted by atomic mass is 10.1. The van der Waals surface area contributed by atoms with E-state index in [-0.39, 0.29) is 17.7 Å². The summed E-state index contributed by atoms with van der Waals surface area (Å²) in [5.41, 5.74) is 2.28. The van der Waals surface area contributed by atoms with Crippen LogP contribution >= 0.6 is 0 Å². The van der Waals surface area contributed by atoms with E-state index in [0.717, 1.165) is 49.6 Å². The van der Waals surface area contributed by atoms with Gasteiger partial charge >= 0.3 is 0 Å². The molecular weight excluding hydrogens is 344 g/mol. The third-order valence-electron chi connectivity index (χ3n) is 5.06. The van der Waals surface area contributed by atoms with Crippen molar-refractivity contribution in [2.75, 3.05) is 31.5 Å². The number of aryl methyl sites for hydroxylation is 1. The summed E-state index contributed by atoms with van der Waals surface area (Å²) in [4.78, 5) is 28.7. The lowest BCUT2D eigenvalue weighted by molar-refractivity contribution is -0.117. The van der Waals surface area contributed by atoms with Gasteiger partial charge in [-0.15, -0.1) is 0 Å². The Kier molecular flexibility index (Phi) is 4.94. The molecule has 1 N–H and O–H groups in total. The molecule has 0 bridgehead atoms. The Labute approximate surface area is 158 Å². The second-order valence-electron chi connectivity index (χ2n) is 7.34. The van der Waals surface area contributed by atoms with E-state index in [4.69, 9.17) is 4.52 Å². The van der Waals surface area contributed by atoms with Crippen LogP contribution in [0.1, 0.15) is 34.7 Å². The van der Waals surface area contributed by atoms with Gasteiger partial charge in [0, 0.05) is 49.4 Å². The Bertz CT molecular complexity index is 818. The Morgan fingerprint density at radius 3 is 2.44 bits per heavy atom. The molecule has 7 heteroatoms. The first-order chi connectivity index (χ1) is 13.1. The molecule has 2 aliphatic rings. The molecule has 2 fully saturated rings. The SMILES string of the molecule is Cc1cc(CN2CCN(C(=O)c3ccc(NC(=O)C4CC4)cc3)CC2)on1. The van der Waals surface area contributed by atoms with Gasteiger partial charge in [-0.05, 0) is 44.0 Å². The number of benzene rings is 1. The molecule has 1 aromatic carbocycles. The molecule has 2 heterocycles. The maximum Gasteiger partial charge on any atom is 0.253 e. The zero-order valence-corrected chi connectivity index (χ0v) is 15.5. The Hall–Kier alpha value is -2.67. The normalized spacial score (nSPS) is 17.7. The van der Waals surface area contributed by atoms with Crippen molar-refractivity contribution in [2.24, 2.45) is 5.92 Å². The highest BCUT2D eigenvalue weighted by atomic mass is 16.5. The van der Waals surface area contributed by atoms with Gasteiger partial charge in [-0.25, -0.2) is 0 Å². The van der Waals surface area contributed by atoms with Gasteiger partial charge in [-0.1, -0.05) is 5.16 Å². The molecule has 0 unspecified atom stereocenters. The first-order valence-electron chi connectivity index (χ1n) is 9.43. The predicted molar refractivity (Wildman–Crippen MR) is 100 cm³/mol. The Balaban J connectivity index is 1.29. The summed E-state index contributed by atoms with van der Waals surface area (Å²) in [6.45, 7) is 5.62. The first-order valence-corrected chi connectivity index (χ1v) is 9.43. The van der Waals surface area contributed by atoms with Crippen molar-refractivity contribution in [2.45, 2.75) is 26.3 Å². The zero-order chi connectivity index (χ0) is 18.8. The molecule has 1 aromatic heterocycles.